The molecular formula is C116H78N4. The lowest BCUT2D eigenvalue weighted by molar-refractivity contribution is 0.583. The van der Waals surface area contributed by atoms with Crippen LogP contribution in [0.3, 0.4) is 0 Å². The first kappa shape index (κ1) is 69.2. The fourth-order valence-electron chi connectivity index (χ4n) is 21.5. The standard InChI is InChI=1S/C116H78N4/c1-115(2)100-44-20-18-36-86(100)88-59-56-81(68-102(88)115)119(83-35-26-65-117-71-83)79-52-48-73(49-53-79)84-62-64-98-110-91(84)41-25-43-96(110)112-108(78-33-14-7-15-34-78)99-67-72(47-58-94(99)107(114(98)112)77-31-12-6-13-32-77)70-116(3)101-45-21-19-37-87(101)89-60-57-82(69-103(89)116)120(104-46-22-23-66-118-104)80-54-50-74(51-55-80)85-61-63-97-109-90(85)40-24-42-95(109)111-105(75-27-8-4-9-28-75)92-38-16-17-39-93(92)106(113(97)111)76-29-10-5-11-30-76/h4-69,71H,70H2,1-3H3. The summed E-state index contributed by atoms with van der Waals surface area (Å²) in [4.78, 5) is 14.5. The molecule has 4 aliphatic carbocycles. The molecule has 4 heteroatoms. The van der Waals surface area contributed by atoms with Gasteiger partial charge in [0.1, 0.15) is 5.82 Å². The number of aromatic nitrogens is 2. The maximum atomic E-state index is 5.14. The zero-order valence-electron chi connectivity index (χ0n) is 66.7. The summed E-state index contributed by atoms with van der Waals surface area (Å²) in [5.41, 5.74) is 41.2. The Balaban J connectivity index is 0.609. The predicted molar refractivity (Wildman–Crippen MR) is 502 cm³/mol. The third kappa shape index (κ3) is 10.4. The van der Waals surface area contributed by atoms with Gasteiger partial charge < -0.3 is 4.90 Å². The van der Waals surface area contributed by atoms with Crippen LogP contribution in [0.1, 0.15) is 48.6 Å². The van der Waals surface area contributed by atoms with Crippen molar-refractivity contribution in [1.82, 2.24) is 9.97 Å². The number of nitrogens with zero attached hydrogens (tertiary/aromatic N) is 4. The van der Waals surface area contributed by atoms with Gasteiger partial charge in [0, 0.05) is 46.0 Å². The maximum Gasteiger partial charge on any atom is 0.137 e. The average Bonchev–Trinajstić information content (AvgIpc) is 1.56. The summed E-state index contributed by atoms with van der Waals surface area (Å²) in [5.74, 6) is 0.848. The molecule has 18 aromatic carbocycles. The van der Waals surface area contributed by atoms with E-state index in [0.29, 0.717) is 0 Å². The molecule has 0 saturated carbocycles. The third-order valence-corrected chi connectivity index (χ3v) is 26.7. The van der Waals surface area contributed by atoms with Gasteiger partial charge in [-0.3, -0.25) is 9.88 Å². The highest BCUT2D eigenvalue weighted by Gasteiger charge is 2.42. The number of rotatable bonds is 14. The van der Waals surface area contributed by atoms with Gasteiger partial charge >= 0.3 is 0 Å². The Morgan fingerprint density at radius 1 is 0.233 bits per heavy atom. The van der Waals surface area contributed by atoms with E-state index in [1.54, 1.807) is 0 Å². The molecule has 0 aliphatic heterocycles. The van der Waals surface area contributed by atoms with E-state index in [1.807, 2.05) is 30.7 Å². The monoisotopic (exact) mass is 1530 g/mol. The molecule has 24 rings (SSSR count). The molecule has 562 valence electrons. The van der Waals surface area contributed by atoms with Gasteiger partial charge in [0.25, 0.3) is 0 Å². The van der Waals surface area contributed by atoms with Crippen LogP contribution in [0.25, 0.3) is 177 Å². The van der Waals surface area contributed by atoms with Crippen molar-refractivity contribution in [3.63, 3.8) is 0 Å². The maximum absolute atomic E-state index is 5.14. The molecule has 0 radical (unpaired) electrons. The molecule has 1 atom stereocenters. The minimum Gasteiger partial charge on any atom is -0.309 e. The Bertz CT molecular complexity index is 7520. The van der Waals surface area contributed by atoms with Gasteiger partial charge in [-0.1, -0.05) is 336 Å². The van der Waals surface area contributed by atoms with Crippen LogP contribution in [0.4, 0.5) is 34.3 Å². The van der Waals surface area contributed by atoms with Crippen molar-refractivity contribution in [2.24, 2.45) is 0 Å². The lowest BCUT2D eigenvalue weighted by atomic mass is 9.74. The first-order valence-electron chi connectivity index (χ1n) is 41.9. The molecule has 0 spiro atoms. The molecule has 0 bridgehead atoms. The third-order valence-electron chi connectivity index (χ3n) is 26.7. The molecule has 4 aliphatic rings. The van der Waals surface area contributed by atoms with E-state index in [9.17, 15) is 0 Å². The van der Waals surface area contributed by atoms with Crippen LogP contribution in [0, 0.1) is 0 Å². The van der Waals surface area contributed by atoms with E-state index in [4.69, 9.17) is 4.98 Å². The molecular weight excluding hydrogens is 1450 g/mol. The van der Waals surface area contributed by atoms with E-state index in [-0.39, 0.29) is 5.41 Å². The lowest BCUT2D eigenvalue weighted by Gasteiger charge is -2.30. The van der Waals surface area contributed by atoms with Crippen LogP contribution < -0.4 is 9.80 Å². The summed E-state index contributed by atoms with van der Waals surface area (Å²) in [6, 6.07) is 145. The topological polar surface area (TPSA) is 32.3 Å². The van der Waals surface area contributed by atoms with Crippen LogP contribution >= 0.6 is 0 Å². The van der Waals surface area contributed by atoms with Gasteiger partial charge in [0.2, 0.25) is 0 Å². The van der Waals surface area contributed by atoms with Gasteiger partial charge in [-0.05, 0) is 284 Å². The zero-order valence-corrected chi connectivity index (χ0v) is 66.7. The highest BCUT2D eigenvalue weighted by molar-refractivity contribution is 6.31. The molecule has 0 fully saturated rings. The van der Waals surface area contributed by atoms with Crippen molar-refractivity contribution < 1.29 is 0 Å². The fourth-order valence-corrected chi connectivity index (χ4v) is 21.5. The zero-order chi connectivity index (χ0) is 79.5. The summed E-state index contributed by atoms with van der Waals surface area (Å²) in [6.45, 7) is 7.19. The summed E-state index contributed by atoms with van der Waals surface area (Å²) in [7, 11) is 0. The number of benzene rings is 18. The van der Waals surface area contributed by atoms with Crippen LogP contribution in [0.15, 0.2) is 407 Å². The normalized spacial score (nSPS) is 13.9. The predicted octanol–water partition coefficient (Wildman–Crippen LogP) is 31.2. The van der Waals surface area contributed by atoms with Gasteiger partial charge in [0.15, 0.2) is 0 Å². The molecule has 2 heterocycles. The van der Waals surface area contributed by atoms with E-state index in [2.05, 4.69) is 412 Å². The first-order chi connectivity index (χ1) is 59.2. The van der Waals surface area contributed by atoms with Gasteiger partial charge in [0.05, 0.1) is 11.9 Å². The largest absolute Gasteiger partial charge is 0.309 e. The van der Waals surface area contributed by atoms with Crippen molar-refractivity contribution in [3.8, 4) is 134 Å². The van der Waals surface area contributed by atoms with Gasteiger partial charge in [-0.25, -0.2) is 4.98 Å². The highest BCUT2D eigenvalue weighted by Crippen LogP contribution is 2.63. The molecule has 0 amide bonds. The molecule has 4 nitrogen and oxygen atoms in total. The van der Waals surface area contributed by atoms with E-state index < -0.39 is 5.41 Å². The Morgan fingerprint density at radius 3 is 1.16 bits per heavy atom. The lowest BCUT2D eigenvalue weighted by Crippen LogP contribution is -2.24. The Kier molecular flexibility index (Phi) is 15.6. The van der Waals surface area contributed by atoms with Crippen molar-refractivity contribution >= 4 is 77.3 Å². The minimum atomic E-state index is -0.438. The molecule has 0 N–H and O–H groups in total. The molecule has 20 aromatic rings. The van der Waals surface area contributed by atoms with E-state index >= 15 is 0 Å². The van der Waals surface area contributed by atoms with Gasteiger partial charge in [-0.2, -0.15) is 0 Å². The Hall–Kier alpha value is -15.1. The average molecular weight is 1530 g/mol. The second-order valence-corrected chi connectivity index (χ2v) is 33.5. The molecule has 120 heavy (non-hydrogen) atoms. The second kappa shape index (κ2) is 27.0. The fraction of sp³-hybridized carbons (Fsp3) is 0.0517. The highest BCUT2D eigenvalue weighted by atomic mass is 15.2. The minimum absolute atomic E-state index is 0.145. The van der Waals surface area contributed by atoms with Crippen LogP contribution in [-0.4, -0.2) is 9.97 Å². The van der Waals surface area contributed by atoms with Crippen molar-refractivity contribution in [3.05, 3.63) is 435 Å². The number of hydrogen-bond donors (Lipinski definition) is 0. The quantitative estimate of drug-likeness (QED) is 0.109. The summed E-state index contributed by atoms with van der Waals surface area (Å²) in [6.07, 6.45) is 6.50. The van der Waals surface area contributed by atoms with Crippen LogP contribution in [0.5, 0.6) is 0 Å². The molecule has 1 unspecified atom stereocenters. The summed E-state index contributed by atoms with van der Waals surface area (Å²) < 4.78 is 0. The number of hydrogen-bond acceptors (Lipinski definition) is 4. The van der Waals surface area contributed by atoms with E-state index in [1.165, 1.54) is 193 Å². The number of anilines is 6. The SMILES string of the molecule is CC1(C)c2ccccc2-c2ccc(N(c3ccc(-c4ccc5c6c(cccc46)-c4c-5c(-c5ccccc5)c5ccc(CC6(C)c7ccccc7-c7ccc(N(c8ccc(-c9ccc%10c%11c(cccc9%11)-c9c-%10c(-c%10ccccc%10)c%10ccccc%10c9-c9ccccc9)cc8)c8ccccn8)cc76)cc5c4-c4ccccc4)cc3)c3cccnc3)cc21. The summed E-state index contributed by atoms with van der Waals surface area (Å²) >= 11 is 0. The van der Waals surface area contributed by atoms with Crippen molar-refractivity contribution in [2.75, 3.05) is 9.80 Å². The van der Waals surface area contributed by atoms with E-state index in [0.717, 1.165) is 51.8 Å². The Morgan fingerprint density at radius 2 is 0.633 bits per heavy atom. The number of fused-ring (bicyclic) bond motifs is 14. The molecule has 0 saturated heterocycles. The smallest absolute Gasteiger partial charge is 0.137 e. The molecule has 2 aromatic heterocycles. The van der Waals surface area contributed by atoms with Crippen molar-refractivity contribution in [1.29, 1.82) is 0 Å². The second-order valence-electron chi connectivity index (χ2n) is 33.5. The number of pyridine rings is 2. The van der Waals surface area contributed by atoms with Crippen LogP contribution in [-0.2, 0) is 17.3 Å². The summed E-state index contributed by atoms with van der Waals surface area (Å²) in [5, 5.41) is 10.0. The Labute approximate surface area is 698 Å². The van der Waals surface area contributed by atoms with Gasteiger partial charge in [-0.15, -0.1) is 0 Å². The van der Waals surface area contributed by atoms with Crippen molar-refractivity contribution in [2.45, 2.75) is 38.0 Å². The first-order valence-corrected chi connectivity index (χ1v) is 41.9. The van der Waals surface area contributed by atoms with Crippen LogP contribution in [0.2, 0.25) is 0 Å².